The molecule has 2 aromatic carbocycles. The van der Waals surface area contributed by atoms with E-state index in [1.807, 2.05) is 32.0 Å². The van der Waals surface area contributed by atoms with E-state index >= 15 is 0 Å². The Labute approximate surface area is 148 Å². The molecule has 0 spiro atoms. The van der Waals surface area contributed by atoms with Crippen molar-refractivity contribution in [2.75, 3.05) is 10.6 Å². The molecular weight excluding hydrogens is 335 g/mol. The van der Waals surface area contributed by atoms with Crippen LogP contribution < -0.4 is 10.6 Å². The molecule has 0 atom stereocenters. The number of nitrogens with one attached hydrogen (secondary N) is 2. The fourth-order valence-corrected chi connectivity index (χ4v) is 2.50. The van der Waals surface area contributed by atoms with Gasteiger partial charge < -0.3 is 10.6 Å². The maximum Gasteiger partial charge on any atom is 0.245 e. The highest BCUT2D eigenvalue weighted by Gasteiger charge is 2.14. The molecule has 0 radical (unpaired) electrons. The van der Waals surface area contributed by atoms with Gasteiger partial charge >= 0.3 is 0 Å². The monoisotopic (exact) mass is 350 g/mol. The second-order valence-electron chi connectivity index (χ2n) is 5.84. The zero-order valence-electron chi connectivity index (χ0n) is 14.1. The molecule has 130 valence electrons. The molecule has 0 unspecified atom stereocenters. The molecule has 2 N–H and O–H groups in total. The predicted octanol–water partition coefficient (Wildman–Crippen LogP) is 4.26. The Morgan fingerprint density at radius 3 is 2.19 bits per heavy atom. The van der Waals surface area contributed by atoms with E-state index in [-0.39, 0.29) is 11.5 Å². The maximum atomic E-state index is 13.1. The summed E-state index contributed by atoms with van der Waals surface area (Å²) in [5, 5.41) is 13.9. The van der Waals surface area contributed by atoms with Crippen molar-refractivity contribution in [2.24, 2.45) is 0 Å². The number of halogens is 1. The number of fused-ring (bicyclic) bond motifs is 1. The van der Waals surface area contributed by atoms with E-state index in [0.717, 1.165) is 16.8 Å². The van der Waals surface area contributed by atoms with E-state index in [1.165, 1.54) is 12.1 Å². The predicted molar refractivity (Wildman–Crippen MR) is 96.3 cm³/mol. The fraction of sp³-hybridized carbons (Fsp3) is 0.111. The highest BCUT2D eigenvalue weighted by Crippen LogP contribution is 2.28. The number of aromatic nitrogens is 4. The minimum atomic E-state index is -0.313. The largest absolute Gasteiger partial charge is 0.337 e. The van der Waals surface area contributed by atoms with Gasteiger partial charge in [-0.3, -0.25) is 0 Å². The fourth-order valence-electron chi connectivity index (χ4n) is 2.50. The van der Waals surface area contributed by atoms with E-state index in [2.05, 4.69) is 30.9 Å². The lowest BCUT2D eigenvalue weighted by atomic mass is 10.1. The summed E-state index contributed by atoms with van der Waals surface area (Å²) in [5.74, 6) is 0.582. The standard InChI is InChI=1S/C18H15FN6O/c1-10-4-3-5-14(11(10)2)21-16-15(20-13-8-6-12(19)7-9-13)22-17-18(23-16)25-26-24-17/h3-9H,1-2H3,(H,20,22,24)(H,21,23,25). The van der Waals surface area contributed by atoms with Crippen molar-refractivity contribution in [3.63, 3.8) is 0 Å². The number of aryl methyl sites for hydroxylation is 1. The Hall–Kier alpha value is -3.55. The number of hydrogen-bond acceptors (Lipinski definition) is 7. The van der Waals surface area contributed by atoms with Crippen molar-refractivity contribution in [3.05, 3.63) is 59.4 Å². The van der Waals surface area contributed by atoms with Crippen LogP contribution in [0.4, 0.5) is 27.4 Å². The lowest BCUT2D eigenvalue weighted by Crippen LogP contribution is -2.04. The van der Waals surface area contributed by atoms with Crippen molar-refractivity contribution in [1.29, 1.82) is 0 Å². The van der Waals surface area contributed by atoms with Crippen LogP contribution in [0.5, 0.6) is 0 Å². The third-order valence-corrected chi connectivity index (χ3v) is 4.08. The summed E-state index contributed by atoms with van der Waals surface area (Å²) in [6, 6.07) is 11.9. The molecule has 2 heterocycles. The van der Waals surface area contributed by atoms with Gasteiger partial charge in [-0.1, -0.05) is 12.1 Å². The molecule has 0 bridgehead atoms. The van der Waals surface area contributed by atoms with Crippen molar-refractivity contribution in [3.8, 4) is 0 Å². The first-order valence-corrected chi connectivity index (χ1v) is 7.96. The summed E-state index contributed by atoms with van der Waals surface area (Å²) < 4.78 is 17.8. The van der Waals surface area contributed by atoms with Crippen LogP contribution in [0.1, 0.15) is 11.1 Å². The SMILES string of the molecule is Cc1cccc(Nc2nc3nonc3nc2Nc2ccc(F)cc2)c1C. The molecule has 4 rings (SSSR count). The van der Waals surface area contributed by atoms with Crippen LogP contribution in [0, 0.1) is 19.7 Å². The van der Waals surface area contributed by atoms with E-state index in [9.17, 15) is 4.39 Å². The molecule has 0 saturated heterocycles. The average molecular weight is 350 g/mol. The molecule has 0 saturated carbocycles. The van der Waals surface area contributed by atoms with Crippen molar-refractivity contribution >= 4 is 34.3 Å². The Morgan fingerprint density at radius 1 is 0.846 bits per heavy atom. The van der Waals surface area contributed by atoms with Crippen LogP contribution in [0.25, 0.3) is 11.3 Å². The van der Waals surface area contributed by atoms with Gasteiger partial charge in [0, 0.05) is 11.4 Å². The quantitative estimate of drug-likeness (QED) is 0.568. The van der Waals surface area contributed by atoms with Crippen LogP contribution in [0.3, 0.4) is 0 Å². The van der Waals surface area contributed by atoms with E-state index in [1.54, 1.807) is 12.1 Å². The molecular formula is C18H15FN6O. The number of nitrogens with zero attached hydrogens (tertiary/aromatic N) is 4. The molecule has 4 aromatic rings. The lowest BCUT2D eigenvalue weighted by molar-refractivity contribution is 0.314. The normalized spacial score (nSPS) is 10.9. The first-order chi connectivity index (χ1) is 12.6. The van der Waals surface area contributed by atoms with Gasteiger partial charge in [-0.25, -0.2) is 19.0 Å². The molecule has 8 heteroatoms. The minimum absolute atomic E-state index is 0.279. The molecule has 2 aromatic heterocycles. The van der Waals surface area contributed by atoms with Gasteiger partial charge in [0.15, 0.2) is 11.6 Å². The number of anilines is 4. The van der Waals surface area contributed by atoms with Crippen LogP contribution >= 0.6 is 0 Å². The Kier molecular flexibility index (Phi) is 3.92. The van der Waals surface area contributed by atoms with Crippen LogP contribution in [-0.4, -0.2) is 20.3 Å². The van der Waals surface area contributed by atoms with E-state index < -0.39 is 0 Å². The number of hydrogen-bond donors (Lipinski definition) is 2. The molecule has 0 fully saturated rings. The first-order valence-electron chi connectivity index (χ1n) is 7.96. The topological polar surface area (TPSA) is 88.8 Å². The van der Waals surface area contributed by atoms with Crippen molar-refractivity contribution in [2.45, 2.75) is 13.8 Å². The molecule has 0 aliphatic carbocycles. The third kappa shape index (κ3) is 3.04. The van der Waals surface area contributed by atoms with Gasteiger partial charge in [0.1, 0.15) is 5.82 Å². The van der Waals surface area contributed by atoms with Gasteiger partial charge in [-0.15, -0.1) is 0 Å². The van der Waals surface area contributed by atoms with Gasteiger partial charge in [0.05, 0.1) is 0 Å². The van der Waals surface area contributed by atoms with Gasteiger partial charge in [-0.2, -0.15) is 0 Å². The van der Waals surface area contributed by atoms with Crippen molar-refractivity contribution in [1.82, 2.24) is 20.3 Å². The van der Waals surface area contributed by atoms with Crippen LogP contribution in [0.2, 0.25) is 0 Å². The summed E-state index contributed by atoms with van der Waals surface area (Å²) in [6.45, 7) is 4.06. The highest BCUT2D eigenvalue weighted by molar-refractivity contribution is 5.79. The van der Waals surface area contributed by atoms with E-state index in [0.29, 0.717) is 23.0 Å². The van der Waals surface area contributed by atoms with Gasteiger partial charge in [0.25, 0.3) is 0 Å². The Bertz CT molecular complexity index is 1080. The Balaban J connectivity index is 1.76. The molecule has 7 nitrogen and oxygen atoms in total. The summed E-state index contributed by atoms with van der Waals surface area (Å²) >= 11 is 0. The smallest absolute Gasteiger partial charge is 0.245 e. The molecule has 0 aliphatic heterocycles. The zero-order chi connectivity index (χ0) is 18.1. The first kappa shape index (κ1) is 15.9. The number of rotatable bonds is 4. The second kappa shape index (κ2) is 6.40. The highest BCUT2D eigenvalue weighted by atomic mass is 19.1. The second-order valence-corrected chi connectivity index (χ2v) is 5.84. The summed E-state index contributed by atoms with van der Waals surface area (Å²) in [7, 11) is 0. The maximum absolute atomic E-state index is 13.1. The zero-order valence-corrected chi connectivity index (χ0v) is 14.1. The Morgan fingerprint density at radius 2 is 1.50 bits per heavy atom. The summed E-state index contributed by atoms with van der Waals surface area (Å²) in [6.07, 6.45) is 0. The molecule has 0 aliphatic rings. The van der Waals surface area contributed by atoms with Gasteiger partial charge in [-0.05, 0) is 65.6 Å². The van der Waals surface area contributed by atoms with Gasteiger partial charge in [0.2, 0.25) is 11.3 Å². The van der Waals surface area contributed by atoms with Crippen LogP contribution in [0.15, 0.2) is 47.1 Å². The third-order valence-electron chi connectivity index (χ3n) is 4.08. The average Bonchev–Trinajstić information content (AvgIpc) is 3.08. The van der Waals surface area contributed by atoms with Crippen LogP contribution in [-0.2, 0) is 0 Å². The summed E-state index contributed by atoms with van der Waals surface area (Å²) in [4.78, 5) is 8.84. The van der Waals surface area contributed by atoms with Crippen molar-refractivity contribution < 1.29 is 9.02 Å². The minimum Gasteiger partial charge on any atom is -0.337 e. The molecule has 0 amide bonds. The lowest BCUT2D eigenvalue weighted by Gasteiger charge is -2.14. The van der Waals surface area contributed by atoms with E-state index in [4.69, 9.17) is 4.63 Å². The molecule has 26 heavy (non-hydrogen) atoms. The summed E-state index contributed by atoms with van der Waals surface area (Å²) in [5.41, 5.74) is 4.39. The number of benzene rings is 2.